The maximum atomic E-state index is 12.4. The standard InChI is InChI=1S/C13H14N4O3S/c1-13(16-17-13)6-7-15-21(18,19)12-5-3-2-4-11(12)10-8-14-20-9-10/h2-5,8-9,15H,6-7H2,1H3. The van der Waals surface area contributed by atoms with Crippen LogP contribution in [0.5, 0.6) is 0 Å². The molecule has 1 aromatic heterocycles. The minimum atomic E-state index is -3.61. The molecule has 7 nitrogen and oxygen atoms in total. The molecule has 0 amide bonds. The monoisotopic (exact) mass is 306 g/mol. The zero-order valence-corrected chi connectivity index (χ0v) is 12.2. The summed E-state index contributed by atoms with van der Waals surface area (Å²) in [4.78, 5) is 0.197. The fraction of sp³-hybridized carbons (Fsp3) is 0.308. The number of nitrogens with zero attached hydrogens (tertiary/aromatic N) is 3. The molecule has 0 saturated heterocycles. The van der Waals surface area contributed by atoms with Crippen LogP contribution in [0.15, 0.2) is 56.4 Å². The molecule has 0 fully saturated rings. The molecule has 2 aromatic rings. The lowest BCUT2D eigenvalue weighted by atomic mass is 10.1. The number of aromatic nitrogens is 1. The summed E-state index contributed by atoms with van der Waals surface area (Å²) >= 11 is 0. The molecule has 0 bridgehead atoms. The number of rotatable bonds is 6. The minimum absolute atomic E-state index is 0.197. The summed E-state index contributed by atoms with van der Waals surface area (Å²) in [7, 11) is -3.61. The van der Waals surface area contributed by atoms with Crippen LogP contribution in [-0.2, 0) is 10.0 Å². The van der Waals surface area contributed by atoms with Crippen LogP contribution >= 0.6 is 0 Å². The van der Waals surface area contributed by atoms with Crippen LogP contribution in [-0.4, -0.2) is 25.8 Å². The van der Waals surface area contributed by atoms with Gasteiger partial charge in [0.2, 0.25) is 10.0 Å². The second-order valence-electron chi connectivity index (χ2n) is 4.97. The Kier molecular flexibility index (Phi) is 3.34. The number of hydrogen-bond donors (Lipinski definition) is 1. The highest BCUT2D eigenvalue weighted by Gasteiger charge is 2.33. The van der Waals surface area contributed by atoms with Gasteiger partial charge in [0.25, 0.3) is 0 Å². The number of nitrogens with one attached hydrogen (secondary N) is 1. The molecule has 0 radical (unpaired) electrons. The van der Waals surface area contributed by atoms with Gasteiger partial charge >= 0.3 is 0 Å². The molecule has 3 rings (SSSR count). The Morgan fingerprint density at radius 3 is 2.71 bits per heavy atom. The molecule has 0 saturated carbocycles. The van der Waals surface area contributed by atoms with Crippen LogP contribution < -0.4 is 4.72 Å². The third kappa shape index (κ3) is 3.01. The van der Waals surface area contributed by atoms with Crippen LogP contribution in [0.1, 0.15) is 13.3 Å². The van der Waals surface area contributed by atoms with E-state index in [-0.39, 0.29) is 11.4 Å². The zero-order chi connectivity index (χ0) is 14.9. The van der Waals surface area contributed by atoms with E-state index in [9.17, 15) is 8.42 Å². The van der Waals surface area contributed by atoms with E-state index in [1.165, 1.54) is 12.5 Å². The summed E-state index contributed by atoms with van der Waals surface area (Å²) in [6, 6.07) is 6.72. The third-order valence-electron chi connectivity index (χ3n) is 3.25. The first-order valence-electron chi connectivity index (χ1n) is 6.43. The average Bonchev–Trinajstić information content (AvgIpc) is 2.98. The molecular formula is C13H14N4O3S. The van der Waals surface area contributed by atoms with Gasteiger partial charge in [0.15, 0.2) is 5.66 Å². The minimum Gasteiger partial charge on any atom is -0.364 e. The van der Waals surface area contributed by atoms with Crippen LogP contribution in [0, 0.1) is 0 Å². The quantitative estimate of drug-likeness (QED) is 0.884. The SMILES string of the molecule is CC1(CCNS(=O)(=O)c2ccccc2-c2cnoc2)N=N1. The van der Waals surface area contributed by atoms with Gasteiger partial charge in [-0.25, -0.2) is 13.1 Å². The highest BCUT2D eigenvalue weighted by molar-refractivity contribution is 7.89. The Morgan fingerprint density at radius 1 is 1.29 bits per heavy atom. The Labute approximate surface area is 122 Å². The van der Waals surface area contributed by atoms with E-state index in [0.717, 1.165) is 0 Å². The Hall–Kier alpha value is -2.06. The normalized spacial score (nSPS) is 16.0. The van der Waals surface area contributed by atoms with Gasteiger partial charge in [-0.1, -0.05) is 23.4 Å². The molecule has 1 aliphatic heterocycles. The summed E-state index contributed by atoms with van der Waals surface area (Å²) in [6.07, 6.45) is 3.44. The lowest BCUT2D eigenvalue weighted by Gasteiger charge is -2.11. The van der Waals surface area contributed by atoms with E-state index in [4.69, 9.17) is 4.52 Å². The molecule has 1 aliphatic rings. The first-order chi connectivity index (χ1) is 10.0. The summed E-state index contributed by atoms with van der Waals surface area (Å²) < 4.78 is 32.2. The molecule has 0 spiro atoms. The smallest absolute Gasteiger partial charge is 0.241 e. The average molecular weight is 306 g/mol. The molecule has 1 N–H and O–H groups in total. The second-order valence-corrected chi connectivity index (χ2v) is 6.71. The molecule has 8 heteroatoms. The molecule has 0 unspecified atom stereocenters. The van der Waals surface area contributed by atoms with Gasteiger partial charge in [-0.3, -0.25) is 0 Å². The summed E-state index contributed by atoms with van der Waals surface area (Å²) in [5, 5.41) is 11.3. The number of sulfonamides is 1. The molecular weight excluding hydrogens is 292 g/mol. The summed E-state index contributed by atoms with van der Waals surface area (Å²) in [5.41, 5.74) is 0.754. The maximum absolute atomic E-state index is 12.4. The predicted octanol–water partition coefficient (Wildman–Crippen LogP) is 2.19. The van der Waals surface area contributed by atoms with Crippen molar-refractivity contribution in [1.82, 2.24) is 9.88 Å². The molecule has 21 heavy (non-hydrogen) atoms. The van der Waals surface area contributed by atoms with Crippen molar-refractivity contribution < 1.29 is 12.9 Å². The van der Waals surface area contributed by atoms with Crippen molar-refractivity contribution >= 4 is 10.0 Å². The molecule has 1 aromatic carbocycles. The van der Waals surface area contributed by atoms with Crippen molar-refractivity contribution in [3.63, 3.8) is 0 Å². The van der Waals surface area contributed by atoms with Crippen LogP contribution in [0.3, 0.4) is 0 Å². The van der Waals surface area contributed by atoms with Gasteiger partial charge in [-0.15, -0.1) is 0 Å². The number of benzene rings is 1. The van der Waals surface area contributed by atoms with Crippen molar-refractivity contribution in [3.05, 3.63) is 36.7 Å². The Morgan fingerprint density at radius 2 is 2.05 bits per heavy atom. The van der Waals surface area contributed by atoms with E-state index in [1.807, 2.05) is 6.92 Å². The number of hydrogen-bond acceptors (Lipinski definition) is 6. The van der Waals surface area contributed by atoms with Crippen LogP contribution in [0.4, 0.5) is 0 Å². The first-order valence-corrected chi connectivity index (χ1v) is 7.91. The zero-order valence-electron chi connectivity index (χ0n) is 11.4. The highest BCUT2D eigenvalue weighted by Crippen LogP contribution is 2.31. The lowest BCUT2D eigenvalue weighted by molar-refractivity contribution is 0.420. The van der Waals surface area contributed by atoms with Crippen molar-refractivity contribution in [2.24, 2.45) is 10.2 Å². The fourth-order valence-electron chi connectivity index (χ4n) is 1.96. The topological polar surface area (TPSA) is 96.9 Å². The van der Waals surface area contributed by atoms with Crippen LogP contribution in [0.2, 0.25) is 0 Å². The van der Waals surface area contributed by atoms with Gasteiger partial charge in [0, 0.05) is 24.1 Å². The van der Waals surface area contributed by atoms with Crippen molar-refractivity contribution in [2.45, 2.75) is 23.9 Å². The van der Waals surface area contributed by atoms with E-state index >= 15 is 0 Å². The van der Waals surface area contributed by atoms with Gasteiger partial charge in [0.1, 0.15) is 6.26 Å². The highest BCUT2D eigenvalue weighted by atomic mass is 32.2. The molecule has 110 valence electrons. The van der Waals surface area contributed by atoms with Crippen molar-refractivity contribution in [3.8, 4) is 11.1 Å². The third-order valence-corrected chi connectivity index (χ3v) is 4.77. The van der Waals surface area contributed by atoms with Crippen LogP contribution in [0.25, 0.3) is 11.1 Å². The van der Waals surface area contributed by atoms with E-state index < -0.39 is 15.7 Å². The largest absolute Gasteiger partial charge is 0.364 e. The summed E-state index contributed by atoms with van der Waals surface area (Å²) in [6.45, 7) is 2.14. The molecule has 2 heterocycles. The fourth-order valence-corrected chi connectivity index (χ4v) is 3.22. The Bertz CT molecular complexity index is 762. The van der Waals surface area contributed by atoms with Crippen molar-refractivity contribution in [2.75, 3.05) is 6.54 Å². The second kappa shape index (κ2) is 5.05. The van der Waals surface area contributed by atoms with E-state index in [2.05, 4.69) is 20.1 Å². The first kappa shape index (κ1) is 13.9. The van der Waals surface area contributed by atoms with Crippen molar-refractivity contribution in [1.29, 1.82) is 0 Å². The molecule has 0 aliphatic carbocycles. The maximum Gasteiger partial charge on any atom is 0.241 e. The van der Waals surface area contributed by atoms with Gasteiger partial charge in [-0.05, 0) is 13.0 Å². The molecule has 0 atom stereocenters. The van der Waals surface area contributed by atoms with Gasteiger partial charge in [0.05, 0.1) is 11.1 Å². The van der Waals surface area contributed by atoms with E-state index in [0.29, 0.717) is 17.5 Å². The summed E-state index contributed by atoms with van der Waals surface area (Å²) in [5.74, 6) is 0. The van der Waals surface area contributed by atoms with Gasteiger partial charge in [-0.2, -0.15) is 10.2 Å². The van der Waals surface area contributed by atoms with E-state index in [1.54, 1.807) is 24.3 Å². The van der Waals surface area contributed by atoms with Gasteiger partial charge < -0.3 is 4.52 Å². The Balaban J connectivity index is 1.82. The predicted molar refractivity (Wildman–Crippen MR) is 75.0 cm³/mol. The lowest BCUT2D eigenvalue weighted by Crippen LogP contribution is -2.27.